The van der Waals surface area contributed by atoms with Crippen molar-refractivity contribution < 1.29 is 9.53 Å². The molecule has 156 valence electrons. The number of fused-ring (bicyclic) bond motifs is 1. The zero-order valence-corrected chi connectivity index (χ0v) is 17.6. The van der Waals surface area contributed by atoms with Gasteiger partial charge in [-0.1, -0.05) is 24.4 Å². The molecule has 1 aromatic heterocycles. The molecule has 0 atom stereocenters. The fraction of sp³-hybridized carbons (Fsp3) is 0.391. The molecule has 0 spiro atoms. The summed E-state index contributed by atoms with van der Waals surface area (Å²) < 4.78 is 7.60. The molecule has 0 unspecified atom stereocenters. The summed E-state index contributed by atoms with van der Waals surface area (Å²) in [5.41, 5.74) is 4.44. The van der Waals surface area contributed by atoms with Crippen molar-refractivity contribution >= 4 is 39.9 Å². The molecular formula is C23H25ClN4O2. The number of carbonyl (C=O) groups excluding carboxylic acids is 1. The average Bonchev–Trinajstić information content (AvgIpc) is 3.44. The molecule has 3 aromatic rings. The van der Waals surface area contributed by atoms with E-state index in [-0.39, 0.29) is 5.91 Å². The van der Waals surface area contributed by atoms with Gasteiger partial charge in [0, 0.05) is 35.4 Å². The van der Waals surface area contributed by atoms with Crippen molar-refractivity contribution in [2.24, 2.45) is 0 Å². The molecule has 1 saturated carbocycles. The third kappa shape index (κ3) is 3.77. The minimum Gasteiger partial charge on any atom is -0.378 e. The molecule has 2 fully saturated rings. The van der Waals surface area contributed by atoms with Crippen LogP contribution < -0.4 is 5.32 Å². The zero-order valence-electron chi connectivity index (χ0n) is 16.8. The lowest BCUT2D eigenvalue weighted by Gasteiger charge is -2.26. The summed E-state index contributed by atoms with van der Waals surface area (Å²) in [6, 6.07) is 12.0. The lowest BCUT2D eigenvalue weighted by molar-refractivity contribution is 0.0303. The van der Waals surface area contributed by atoms with Crippen LogP contribution in [-0.4, -0.2) is 46.7 Å². The third-order valence-corrected chi connectivity index (χ3v) is 6.29. The van der Waals surface area contributed by atoms with Gasteiger partial charge in [-0.2, -0.15) is 0 Å². The summed E-state index contributed by atoms with van der Waals surface area (Å²) in [6.45, 7) is 2.49. The molecular weight excluding hydrogens is 400 g/mol. The van der Waals surface area contributed by atoms with Gasteiger partial charge in [0.15, 0.2) is 0 Å². The van der Waals surface area contributed by atoms with Crippen molar-refractivity contribution in [2.75, 3.05) is 31.6 Å². The number of nitrogens with one attached hydrogen (secondary N) is 1. The van der Waals surface area contributed by atoms with Gasteiger partial charge in [-0.05, 0) is 49.2 Å². The first-order valence-electron chi connectivity index (χ1n) is 10.6. The number of morpholine rings is 1. The molecule has 1 amide bonds. The smallest absolute Gasteiger partial charge is 0.254 e. The van der Waals surface area contributed by atoms with Gasteiger partial charge in [-0.15, -0.1) is 0 Å². The predicted octanol–water partition coefficient (Wildman–Crippen LogP) is 5.02. The molecule has 6 nitrogen and oxygen atoms in total. The van der Waals surface area contributed by atoms with Crippen molar-refractivity contribution in [3.05, 3.63) is 53.3 Å². The Hall–Kier alpha value is -2.57. The molecule has 2 heterocycles. The standard InChI is InChI=1S/C23H25ClN4O2/c24-17-13-20(22-21(14-17)28(15-25-22)19-3-1-2-4-19)26-18-7-5-16(6-8-18)23(29)27-9-11-30-12-10-27/h5-8,13-15,19,26H,1-4,9-12H2. The zero-order chi connectivity index (χ0) is 20.5. The van der Waals surface area contributed by atoms with Crippen LogP contribution in [0.2, 0.25) is 5.02 Å². The topological polar surface area (TPSA) is 59.4 Å². The van der Waals surface area contributed by atoms with Crippen molar-refractivity contribution in [1.82, 2.24) is 14.5 Å². The van der Waals surface area contributed by atoms with Crippen LogP contribution in [0.5, 0.6) is 0 Å². The van der Waals surface area contributed by atoms with Gasteiger partial charge in [0.2, 0.25) is 0 Å². The number of aromatic nitrogens is 2. The van der Waals surface area contributed by atoms with E-state index in [0.717, 1.165) is 22.4 Å². The number of halogens is 1. The average molecular weight is 425 g/mol. The fourth-order valence-electron chi connectivity index (χ4n) is 4.47. The molecule has 1 aliphatic heterocycles. The van der Waals surface area contributed by atoms with E-state index in [1.807, 2.05) is 47.6 Å². The molecule has 1 saturated heterocycles. The number of anilines is 2. The molecule has 0 radical (unpaired) electrons. The maximum Gasteiger partial charge on any atom is 0.254 e. The van der Waals surface area contributed by atoms with E-state index < -0.39 is 0 Å². The second-order valence-electron chi connectivity index (χ2n) is 8.02. The summed E-state index contributed by atoms with van der Waals surface area (Å²) in [4.78, 5) is 19.1. The summed E-state index contributed by atoms with van der Waals surface area (Å²) in [7, 11) is 0. The highest BCUT2D eigenvalue weighted by atomic mass is 35.5. The molecule has 0 bridgehead atoms. The number of rotatable bonds is 4. The van der Waals surface area contributed by atoms with Gasteiger partial charge in [0.05, 0.1) is 30.7 Å². The van der Waals surface area contributed by atoms with Gasteiger partial charge < -0.3 is 19.5 Å². The number of ether oxygens (including phenoxy) is 1. The van der Waals surface area contributed by atoms with E-state index in [9.17, 15) is 4.79 Å². The van der Waals surface area contributed by atoms with E-state index in [0.29, 0.717) is 42.9 Å². The Morgan fingerprint density at radius 1 is 1.10 bits per heavy atom. The Morgan fingerprint density at radius 3 is 2.57 bits per heavy atom. The fourth-order valence-corrected chi connectivity index (χ4v) is 4.68. The molecule has 2 aromatic carbocycles. The number of imidazole rings is 1. The highest BCUT2D eigenvalue weighted by molar-refractivity contribution is 6.31. The van der Waals surface area contributed by atoms with E-state index in [1.54, 1.807) is 0 Å². The first-order chi connectivity index (χ1) is 14.7. The number of amides is 1. The lowest BCUT2D eigenvalue weighted by Crippen LogP contribution is -2.40. The Morgan fingerprint density at radius 2 is 1.83 bits per heavy atom. The summed E-state index contributed by atoms with van der Waals surface area (Å²) in [5, 5.41) is 4.12. The minimum atomic E-state index is 0.0466. The number of hydrogen-bond donors (Lipinski definition) is 1. The monoisotopic (exact) mass is 424 g/mol. The van der Waals surface area contributed by atoms with Crippen LogP contribution in [0, 0.1) is 0 Å². The minimum absolute atomic E-state index is 0.0466. The lowest BCUT2D eigenvalue weighted by atomic mass is 10.1. The van der Waals surface area contributed by atoms with Crippen LogP contribution in [0.1, 0.15) is 42.1 Å². The normalized spacial score (nSPS) is 17.6. The maximum atomic E-state index is 12.6. The number of nitrogens with zero attached hydrogens (tertiary/aromatic N) is 3. The number of carbonyl (C=O) groups is 1. The van der Waals surface area contributed by atoms with Gasteiger partial charge in [0.1, 0.15) is 5.52 Å². The molecule has 7 heteroatoms. The maximum absolute atomic E-state index is 12.6. The Bertz CT molecular complexity index is 1050. The molecule has 2 aliphatic rings. The number of benzene rings is 2. The largest absolute Gasteiger partial charge is 0.378 e. The highest BCUT2D eigenvalue weighted by Crippen LogP contribution is 2.36. The SMILES string of the molecule is O=C(c1ccc(Nc2cc(Cl)cc3c2ncn3C2CCCC2)cc1)N1CCOCC1. The molecule has 30 heavy (non-hydrogen) atoms. The first-order valence-corrected chi connectivity index (χ1v) is 11.0. The van der Waals surface area contributed by atoms with Gasteiger partial charge in [0.25, 0.3) is 5.91 Å². The second-order valence-corrected chi connectivity index (χ2v) is 8.45. The predicted molar refractivity (Wildman–Crippen MR) is 119 cm³/mol. The summed E-state index contributed by atoms with van der Waals surface area (Å²) >= 11 is 6.44. The van der Waals surface area contributed by atoms with Crippen LogP contribution in [0.15, 0.2) is 42.7 Å². The van der Waals surface area contributed by atoms with Crippen LogP contribution in [0.25, 0.3) is 11.0 Å². The summed E-state index contributed by atoms with van der Waals surface area (Å²) in [6.07, 6.45) is 6.86. The molecule has 1 N–H and O–H groups in total. The van der Waals surface area contributed by atoms with E-state index in [4.69, 9.17) is 16.3 Å². The highest BCUT2D eigenvalue weighted by Gasteiger charge is 2.21. The third-order valence-electron chi connectivity index (χ3n) is 6.07. The van der Waals surface area contributed by atoms with Crippen LogP contribution in [0.3, 0.4) is 0 Å². The van der Waals surface area contributed by atoms with Gasteiger partial charge in [-0.3, -0.25) is 4.79 Å². The molecule has 5 rings (SSSR count). The van der Waals surface area contributed by atoms with Crippen LogP contribution in [0.4, 0.5) is 11.4 Å². The van der Waals surface area contributed by atoms with Crippen LogP contribution in [-0.2, 0) is 4.74 Å². The first kappa shape index (κ1) is 19.4. The Kier molecular flexibility index (Phi) is 5.35. The van der Waals surface area contributed by atoms with Gasteiger partial charge in [-0.25, -0.2) is 4.98 Å². The quantitative estimate of drug-likeness (QED) is 0.638. The summed E-state index contributed by atoms with van der Waals surface area (Å²) in [5.74, 6) is 0.0466. The van der Waals surface area contributed by atoms with Gasteiger partial charge >= 0.3 is 0 Å². The van der Waals surface area contributed by atoms with Crippen molar-refractivity contribution in [2.45, 2.75) is 31.7 Å². The van der Waals surface area contributed by atoms with Crippen molar-refractivity contribution in [3.8, 4) is 0 Å². The Labute approximate surface area is 180 Å². The molecule has 1 aliphatic carbocycles. The van der Waals surface area contributed by atoms with Crippen molar-refractivity contribution in [1.29, 1.82) is 0 Å². The second kappa shape index (κ2) is 8.28. The van der Waals surface area contributed by atoms with E-state index in [2.05, 4.69) is 14.9 Å². The van der Waals surface area contributed by atoms with Crippen molar-refractivity contribution in [3.63, 3.8) is 0 Å². The van der Waals surface area contributed by atoms with E-state index in [1.165, 1.54) is 25.7 Å². The number of hydrogen-bond acceptors (Lipinski definition) is 4. The van der Waals surface area contributed by atoms with E-state index >= 15 is 0 Å². The Balaban J connectivity index is 1.38. The van der Waals surface area contributed by atoms with Crippen LogP contribution >= 0.6 is 11.6 Å².